The largest absolute Gasteiger partial charge is 0.494 e. The predicted molar refractivity (Wildman–Crippen MR) is 524 cm³/mol. The summed E-state index contributed by atoms with van der Waals surface area (Å²) in [5.41, 5.74) is 5.53. The normalized spacial score (nSPS) is 12.4. The van der Waals surface area contributed by atoms with Gasteiger partial charge in [0.1, 0.15) is 0 Å². The van der Waals surface area contributed by atoms with Crippen molar-refractivity contribution in [2.75, 3.05) is 0 Å². The first-order valence-corrected chi connectivity index (χ1v) is 33.0. The van der Waals surface area contributed by atoms with Crippen LogP contribution in [0.15, 0.2) is 36.5 Å². The number of pyridine rings is 1. The van der Waals surface area contributed by atoms with Gasteiger partial charge in [0.2, 0.25) is 0 Å². The van der Waals surface area contributed by atoms with Crippen LogP contribution in [0, 0.1) is 0 Å². The van der Waals surface area contributed by atoms with Crippen LogP contribution in [0.1, 0.15) is 38.8 Å². The minimum absolute atomic E-state index is 0.296. The van der Waals surface area contributed by atoms with Gasteiger partial charge in [-0.05, 0) is 63.2 Å². The molecule has 1 fully saturated rings. The number of aromatic nitrogens is 1. The van der Waals surface area contributed by atoms with Crippen molar-refractivity contribution in [3.8, 4) is 11.3 Å². The smallest absolute Gasteiger partial charge is 0.399 e. The summed E-state index contributed by atoms with van der Waals surface area (Å²) >= 11 is 0. The van der Waals surface area contributed by atoms with Crippen LogP contribution in [-0.4, -0.2) is 554 Å². The third-order valence-corrected chi connectivity index (χ3v) is 21.2. The lowest BCUT2D eigenvalue weighted by Crippen LogP contribution is -2.99. The molecule has 2 heterocycles. The molecular weight excluding hydrogens is 1100 g/mol. The van der Waals surface area contributed by atoms with Gasteiger partial charge in [-0.3, -0.25) is 4.98 Å². The van der Waals surface area contributed by atoms with Crippen LogP contribution in [-0.2, 0) is 22.2 Å². The van der Waals surface area contributed by atoms with Crippen LogP contribution in [0.4, 0.5) is 0 Å². The molecule has 77 radical (unpaired) electrons. The first kappa shape index (κ1) is 95.4. The lowest BCUT2D eigenvalue weighted by atomic mass is 8.21. The Labute approximate surface area is 662 Å². The number of fused-ring (bicyclic) bond motifs is 3. The highest BCUT2D eigenvalue weighted by atomic mass is 16.7. The molecule has 1 aromatic carbocycles. The van der Waals surface area contributed by atoms with Crippen molar-refractivity contribution in [2.45, 2.75) is 51.7 Å². The number of nitrogens with zero attached hydrogens (tertiary/aromatic N) is 1. The molecule has 0 spiro atoms. The van der Waals surface area contributed by atoms with Crippen molar-refractivity contribution in [1.82, 2.24) is 4.98 Å². The van der Waals surface area contributed by atoms with E-state index in [9.17, 15) is 0 Å². The number of aryl methyl sites for hydroxylation is 2. The topological polar surface area (TPSA) is 31.4 Å². The van der Waals surface area contributed by atoms with Crippen LogP contribution >= 0.6 is 0 Å². The van der Waals surface area contributed by atoms with Crippen LogP contribution in [0.5, 0.6) is 0 Å². The molecule has 1 aromatic heterocycles. The molecule has 0 saturated carbocycles. The van der Waals surface area contributed by atoms with E-state index in [4.69, 9.17) is 303 Å². The lowest BCUT2D eigenvalue weighted by molar-refractivity contribution is 0.00578. The second-order valence-corrected chi connectivity index (χ2v) is 28.5. The molecular formula is C19H22B76NO2. The Morgan fingerprint density at radius 3 is 0.786 bits per heavy atom. The van der Waals surface area contributed by atoms with Gasteiger partial charge < -0.3 is 9.31 Å². The van der Waals surface area contributed by atoms with Gasteiger partial charge in [-0.1, -0.05) is 24.3 Å². The molecule has 2 aromatic rings. The fourth-order valence-electron chi connectivity index (χ4n) is 16.5. The van der Waals surface area contributed by atoms with E-state index in [0.29, 0.717) is 0 Å². The summed E-state index contributed by atoms with van der Waals surface area (Å²) in [5.74, 6) is 0. The zero-order valence-corrected chi connectivity index (χ0v) is 57.5. The van der Waals surface area contributed by atoms with E-state index in [-0.39, 0.29) is 18.3 Å². The van der Waals surface area contributed by atoms with Crippen molar-refractivity contribution in [3.63, 3.8) is 0 Å². The Kier molecular flexibility index (Phi) is 40.9. The molecule has 0 unspecified atom stereocenters. The van der Waals surface area contributed by atoms with E-state index in [2.05, 4.69) is 56.9 Å². The van der Waals surface area contributed by atoms with Gasteiger partial charge in [0.15, 0.2) is 0 Å². The van der Waals surface area contributed by atoms with Crippen molar-refractivity contribution >= 4 is 544 Å². The van der Waals surface area contributed by atoms with Crippen molar-refractivity contribution in [3.05, 3.63) is 47.7 Å². The van der Waals surface area contributed by atoms with Crippen LogP contribution in [0.25, 0.3) is 11.3 Å². The Hall–Kier alpha value is 3.23. The van der Waals surface area contributed by atoms with Gasteiger partial charge >= 0.3 is 7.12 Å². The lowest BCUT2D eigenvalue weighted by Gasteiger charge is -2.61. The molecule has 1 aliphatic carbocycles. The monoisotopic (exact) mass is 1130 g/mol. The molecule has 4 rings (SSSR count). The van der Waals surface area contributed by atoms with Crippen LogP contribution in [0.3, 0.4) is 0 Å². The second-order valence-electron chi connectivity index (χ2n) is 28.5. The van der Waals surface area contributed by atoms with Gasteiger partial charge in [-0.2, -0.15) is 0 Å². The van der Waals surface area contributed by atoms with Crippen molar-refractivity contribution in [2.24, 2.45) is 0 Å². The fourth-order valence-corrected chi connectivity index (χ4v) is 16.5. The molecule has 79 heteroatoms. The van der Waals surface area contributed by atoms with E-state index in [1.165, 1.54) is 16.7 Å². The summed E-state index contributed by atoms with van der Waals surface area (Å²) in [7, 11) is 259. The molecule has 343 valence electrons. The Bertz CT molecular complexity index is 2400. The SMILES string of the molecule is CC1(C)OB(c2ccc3c(c2)CCc2cccnc2-3)OC1(C)C.[B][B]B([B])B(B(B([B])[B])B([B])[B])B(B(B(B([B])[B])B([B])[B])B(B([B])[B])B([B])[B])B(B(B(B([B])[B])B([B])[B])B(B([B])[B])B([B])[B])B(B(B(B([B])[B])B([B])[B])B(B([B])[B])B([B])[B])B(B(B([B])[B])B([B])[B])B(B([B])[B])B([B])[B]. The molecule has 1 aliphatic heterocycles. The summed E-state index contributed by atoms with van der Waals surface area (Å²) in [6.45, 7) is 8.36. The van der Waals surface area contributed by atoms with Crippen molar-refractivity contribution in [1.29, 1.82) is 0 Å². The minimum Gasteiger partial charge on any atom is -0.399 e. The maximum Gasteiger partial charge on any atom is 0.494 e. The highest BCUT2D eigenvalue weighted by Gasteiger charge is 2.65. The zero-order valence-electron chi connectivity index (χ0n) is 57.5. The van der Waals surface area contributed by atoms with Crippen molar-refractivity contribution < 1.29 is 9.31 Å². The molecule has 3 nitrogen and oxygen atoms in total. The van der Waals surface area contributed by atoms with E-state index in [1.807, 2.05) is 12.3 Å². The number of rotatable bonds is 37. The van der Waals surface area contributed by atoms with Gasteiger partial charge in [0, 0.05) is 543 Å². The minimum atomic E-state index is -1.80. The van der Waals surface area contributed by atoms with E-state index in [0.717, 1.165) is 31.1 Å². The quantitative estimate of drug-likeness (QED) is 0.0632. The summed E-state index contributed by atoms with van der Waals surface area (Å²) in [6, 6.07) is 10.7. The first-order valence-electron chi connectivity index (χ1n) is 33.0. The molecule has 0 bridgehead atoms. The predicted octanol–water partition coefficient (Wildman–Crippen LogP) is -25.4. The fraction of sp³-hybridized carbons (Fsp3) is 0.421. The average Bonchev–Trinajstić information content (AvgIpc) is 0.862. The summed E-state index contributed by atoms with van der Waals surface area (Å²) in [5, 5.41) is 0. The van der Waals surface area contributed by atoms with E-state index >= 15 is 0 Å². The first-order chi connectivity index (χ1) is 45.0. The summed E-state index contributed by atoms with van der Waals surface area (Å²) in [4.78, 5) is 4.57. The van der Waals surface area contributed by atoms with Gasteiger partial charge in [-0.25, -0.2) is 0 Å². The highest BCUT2D eigenvalue weighted by molar-refractivity contribution is 8.40. The summed E-state index contributed by atoms with van der Waals surface area (Å²) in [6.07, 6.45) is -53.6. The third-order valence-electron chi connectivity index (χ3n) is 21.2. The summed E-state index contributed by atoms with van der Waals surface area (Å²) < 4.78 is 12.3. The maximum absolute atomic E-state index is 7.27. The van der Waals surface area contributed by atoms with E-state index < -0.39 is 230 Å². The molecule has 0 N–H and O–H groups in total. The zero-order chi connectivity index (χ0) is 75.7. The molecule has 98 heavy (non-hydrogen) atoms. The van der Waals surface area contributed by atoms with Crippen LogP contribution in [0.2, 0.25) is 0 Å². The highest BCUT2D eigenvalue weighted by Crippen LogP contribution is 2.38. The van der Waals surface area contributed by atoms with Gasteiger partial charge in [0.05, 0.1) is 16.9 Å². The molecule has 0 amide bonds. The number of benzene rings is 1. The van der Waals surface area contributed by atoms with Gasteiger partial charge in [0.25, 0.3) is 0 Å². The van der Waals surface area contributed by atoms with E-state index in [1.54, 1.807) is 0 Å². The molecule has 2 aliphatic rings. The maximum atomic E-state index is 7.27. The molecule has 0 atom stereocenters. The number of hydrogen-bond donors (Lipinski definition) is 0. The molecule has 1 saturated heterocycles. The Balaban J connectivity index is 0.000000891. The van der Waals surface area contributed by atoms with Crippen LogP contribution < -0.4 is 5.46 Å². The standard InChI is InChI=1S/C19H22BNO2.B75/c1-18(2)19(3,4)23-20(22-18)15-9-10-16-14(12-15)8-7-13-6-5-11-21-17(13)16;1-39-58(38)68(59(40(2)3)41(4)5)73(69(60(42(6)7)43(8)9)61(44(10)11)45(12)13)75(72(66(54(30)31)55(32)33)67(56(34)35)57(36)37)74(70(62(46(14)15)47(16)17)63(48(18)19)49(20)21)71(64(50(22)23)51(24)25)65(52(26)27)53(28)29/h5-6,9-12H,7-8H2,1-4H3;. The Morgan fingerprint density at radius 2 is 0.541 bits per heavy atom. The average molecular weight is 1120 g/mol. The Morgan fingerprint density at radius 1 is 0.316 bits per heavy atom. The second kappa shape index (κ2) is 42.0. The van der Waals surface area contributed by atoms with Gasteiger partial charge in [-0.15, -0.1) is 0 Å². The third kappa shape index (κ3) is 23.6. The number of hydrogen-bond acceptors (Lipinski definition) is 3.